The van der Waals surface area contributed by atoms with Crippen LogP contribution in [0.15, 0.2) is 30.6 Å². The monoisotopic (exact) mass is 258 g/mol. The van der Waals surface area contributed by atoms with E-state index < -0.39 is 0 Å². The molecule has 1 N–H and O–H groups in total. The Balaban J connectivity index is 2.25. The maximum absolute atomic E-state index is 4.39. The first-order chi connectivity index (χ1) is 9.13. The zero-order chi connectivity index (χ0) is 13.8. The topological polar surface area (TPSA) is 42.7 Å². The number of likely N-dealkylation sites (N-methyl/N-ethyl adjacent to an activating group) is 1. The molecule has 2 rings (SSSR count). The second-order valence-corrected chi connectivity index (χ2v) is 5.12. The molecule has 1 atom stereocenters. The van der Waals surface area contributed by atoms with Crippen molar-refractivity contribution in [3.63, 3.8) is 0 Å². The van der Waals surface area contributed by atoms with Gasteiger partial charge < -0.3 is 5.32 Å². The van der Waals surface area contributed by atoms with Crippen LogP contribution in [0.2, 0.25) is 0 Å². The van der Waals surface area contributed by atoms with Crippen LogP contribution >= 0.6 is 0 Å². The minimum atomic E-state index is 0.267. The molecule has 1 heterocycles. The summed E-state index contributed by atoms with van der Waals surface area (Å²) >= 11 is 0. The van der Waals surface area contributed by atoms with Crippen LogP contribution in [0.4, 0.5) is 0 Å². The third-order valence-corrected chi connectivity index (χ3v) is 3.44. The Hall–Kier alpha value is -1.68. The number of benzene rings is 1. The van der Waals surface area contributed by atoms with Crippen molar-refractivity contribution in [1.29, 1.82) is 0 Å². The summed E-state index contributed by atoms with van der Waals surface area (Å²) in [5.74, 6) is 1.03. The molecule has 0 aliphatic carbocycles. The van der Waals surface area contributed by atoms with Crippen molar-refractivity contribution in [2.45, 2.75) is 39.3 Å². The van der Waals surface area contributed by atoms with E-state index in [0.717, 1.165) is 12.2 Å². The Bertz CT molecular complexity index is 530. The molecular formula is C15H22N4. The van der Waals surface area contributed by atoms with Gasteiger partial charge in [0.2, 0.25) is 0 Å². The first kappa shape index (κ1) is 13.7. The van der Waals surface area contributed by atoms with Crippen molar-refractivity contribution in [2.75, 3.05) is 7.05 Å². The third kappa shape index (κ3) is 3.01. The van der Waals surface area contributed by atoms with Crippen LogP contribution in [0.1, 0.15) is 42.9 Å². The van der Waals surface area contributed by atoms with Gasteiger partial charge in [0, 0.05) is 18.5 Å². The highest BCUT2D eigenvalue weighted by Crippen LogP contribution is 2.21. The van der Waals surface area contributed by atoms with Crippen molar-refractivity contribution >= 4 is 0 Å². The molecule has 0 aliphatic heterocycles. The Morgan fingerprint density at radius 1 is 1.26 bits per heavy atom. The molecule has 0 radical (unpaired) electrons. The predicted octanol–water partition coefficient (Wildman–Crippen LogP) is 2.67. The van der Waals surface area contributed by atoms with Gasteiger partial charge in [-0.2, -0.15) is 5.10 Å². The molecule has 2 aromatic rings. The SMILES string of the molecule is CNC(Cc1ncnn1C(C)C)c1ccccc1C. The standard InChI is InChI=1S/C15H22N4/c1-11(2)19-15(17-10-18-19)9-14(16-4)13-8-6-5-7-12(13)3/h5-8,10-11,14,16H,9H2,1-4H3. The van der Waals surface area contributed by atoms with Crippen LogP contribution in [-0.2, 0) is 6.42 Å². The van der Waals surface area contributed by atoms with Gasteiger partial charge >= 0.3 is 0 Å². The number of aromatic nitrogens is 3. The van der Waals surface area contributed by atoms with E-state index in [4.69, 9.17) is 0 Å². The fourth-order valence-electron chi connectivity index (χ4n) is 2.38. The van der Waals surface area contributed by atoms with Crippen LogP contribution in [0.3, 0.4) is 0 Å². The summed E-state index contributed by atoms with van der Waals surface area (Å²) in [6, 6.07) is 9.08. The van der Waals surface area contributed by atoms with Crippen molar-refractivity contribution in [2.24, 2.45) is 0 Å². The molecule has 19 heavy (non-hydrogen) atoms. The number of hydrogen-bond acceptors (Lipinski definition) is 3. The first-order valence-corrected chi connectivity index (χ1v) is 6.74. The molecule has 0 saturated heterocycles. The fourth-order valence-corrected chi connectivity index (χ4v) is 2.38. The largest absolute Gasteiger partial charge is 0.313 e. The lowest BCUT2D eigenvalue weighted by molar-refractivity contribution is 0.477. The highest BCUT2D eigenvalue weighted by Gasteiger charge is 2.16. The van der Waals surface area contributed by atoms with E-state index in [9.17, 15) is 0 Å². The molecule has 0 aliphatic rings. The zero-order valence-corrected chi connectivity index (χ0v) is 12.1. The van der Waals surface area contributed by atoms with E-state index in [1.54, 1.807) is 6.33 Å². The summed E-state index contributed by atoms with van der Waals surface area (Å²) in [6.07, 6.45) is 2.49. The molecule has 4 heteroatoms. The number of nitrogens with one attached hydrogen (secondary N) is 1. The second kappa shape index (κ2) is 5.97. The normalized spacial score (nSPS) is 12.9. The van der Waals surface area contributed by atoms with Gasteiger partial charge in [-0.15, -0.1) is 0 Å². The van der Waals surface area contributed by atoms with Gasteiger partial charge in [0.15, 0.2) is 0 Å². The molecule has 0 amide bonds. The summed E-state index contributed by atoms with van der Waals surface area (Å²) < 4.78 is 1.99. The van der Waals surface area contributed by atoms with Crippen LogP contribution < -0.4 is 5.32 Å². The van der Waals surface area contributed by atoms with E-state index >= 15 is 0 Å². The third-order valence-electron chi connectivity index (χ3n) is 3.44. The summed E-state index contributed by atoms with van der Waals surface area (Å²) in [7, 11) is 1.99. The van der Waals surface area contributed by atoms with E-state index in [1.807, 2.05) is 11.7 Å². The minimum Gasteiger partial charge on any atom is -0.313 e. The Kier molecular flexibility index (Phi) is 4.32. The Morgan fingerprint density at radius 3 is 2.63 bits per heavy atom. The quantitative estimate of drug-likeness (QED) is 0.896. The minimum absolute atomic E-state index is 0.267. The van der Waals surface area contributed by atoms with E-state index in [0.29, 0.717) is 6.04 Å². The highest BCUT2D eigenvalue weighted by molar-refractivity contribution is 5.29. The lowest BCUT2D eigenvalue weighted by Crippen LogP contribution is -2.22. The Labute approximate surface area is 114 Å². The van der Waals surface area contributed by atoms with Gasteiger partial charge in [0.25, 0.3) is 0 Å². The molecule has 0 fully saturated rings. The maximum atomic E-state index is 4.39. The first-order valence-electron chi connectivity index (χ1n) is 6.74. The van der Waals surface area contributed by atoms with Gasteiger partial charge in [0.05, 0.1) is 0 Å². The van der Waals surface area contributed by atoms with Crippen molar-refractivity contribution < 1.29 is 0 Å². The highest BCUT2D eigenvalue weighted by atomic mass is 15.3. The number of aryl methyl sites for hydroxylation is 1. The van der Waals surface area contributed by atoms with Crippen LogP contribution in [-0.4, -0.2) is 21.8 Å². The van der Waals surface area contributed by atoms with Crippen LogP contribution in [0.5, 0.6) is 0 Å². The van der Waals surface area contributed by atoms with E-state index in [1.165, 1.54) is 11.1 Å². The Morgan fingerprint density at radius 2 is 2.00 bits per heavy atom. The molecule has 1 unspecified atom stereocenters. The number of hydrogen-bond donors (Lipinski definition) is 1. The van der Waals surface area contributed by atoms with Gasteiger partial charge in [-0.1, -0.05) is 24.3 Å². The van der Waals surface area contributed by atoms with Gasteiger partial charge in [-0.25, -0.2) is 9.67 Å². The summed E-state index contributed by atoms with van der Waals surface area (Å²) in [6.45, 7) is 6.40. The van der Waals surface area contributed by atoms with Crippen LogP contribution in [0, 0.1) is 6.92 Å². The average Bonchev–Trinajstić information content (AvgIpc) is 2.85. The fraction of sp³-hybridized carbons (Fsp3) is 0.467. The predicted molar refractivity (Wildman–Crippen MR) is 77.1 cm³/mol. The lowest BCUT2D eigenvalue weighted by atomic mass is 9.98. The maximum Gasteiger partial charge on any atom is 0.138 e. The zero-order valence-electron chi connectivity index (χ0n) is 12.1. The van der Waals surface area contributed by atoms with Gasteiger partial charge in [-0.05, 0) is 38.9 Å². The lowest BCUT2D eigenvalue weighted by Gasteiger charge is -2.19. The van der Waals surface area contributed by atoms with Crippen LogP contribution in [0.25, 0.3) is 0 Å². The number of rotatable bonds is 5. The molecule has 1 aromatic carbocycles. The molecule has 0 spiro atoms. The smallest absolute Gasteiger partial charge is 0.138 e. The second-order valence-electron chi connectivity index (χ2n) is 5.12. The molecule has 0 bridgehead atoms. The van der Waals surface area contributed by atoms with Crippen molar-refractivity contribution in [3.8, 4) is 0 Å². The summed E-state index contributed by atoms with van der Waals surface area (Å²) in [4.78, 5) is 4.39. The molecule has 0 saturated carbocycles. The molecule has 4 nitrogen and oxygen atoms in total. The number of nitrogens with zero attached hydrogens (tertiary/aromatic N) is 3. The molecular weight excluding hydrogens is 236 g/mol. The van der Waals surface area contributed by atoms with E-state index in [-0.39, 0.29) is 6.04 Å². The summed E-state index contributed by atoms with van der Waals surface area (Å²) in [5.41, 5.74) is 2.63. The van der Waals surface area contributed by atoms with Crippen molar-refractivity contribution in [3.05, 3.63) is 47.5 Å². The average molecular weight is 258 g/mol. The van der Waals surface area contributed by atoms with E-state index in [2.05, 4.69) is 60.4 Å². The molecule has 102 valence electrons. The summed E-state index contributed by atoms with van der Waals surface area (Å²) in [5, 5.41) is 7.68. The molecule has 1 aromatic heterocycles. The van der Waals surface area contributed by atoms with Gasteiger partial charge in [0.1, 0.15) is 12.2 Å². The van der Waals surface area contributed by atoms with Crippen molar-refractivity contribution in [1.82, 2.24) is 20.1 Å². The van der Waals surface area contributed by atoms with Gasteiger partial charge in [-0.3, -0.25) is 0 Å².